The van der Waals surface area contributed by atoms with E-state index in [1.54, 1.807) is 35.2 Å². The lowest BCUT2D eigenvalue weighted by molar-refractivity contribution is -0.118. The fraction of sp³-hybridized carbons (Fsp3) is 0.364. The van der Waals surface area contributed by atoms with Gasteiger partial charge < -0.3 is 4.90 Å². The SMILES string of the molecule is Cc1ccc2sc(N(CCN(C)C)C(=O)CCS(=O)(=O)c3ccccc3)nc2c1C. The van der Waals surface area contributed by atoms with Crippen LogP contribution in [0.5, 0.6) is 0 Å². The van der Waals surface area contributed by atoms with Gasteiger partial charge in [-0.3, -0.25) is 9.69 Å². The molecule has 2 aromatic carbocycles. The van der Waals surface area contributed by atoms with Crippen molar-refractivity contribution in [2.24, 2.45) is 0 Å². The van der Waals surface area contributed by atoms with Gasteiger partial charge in [-0.25, -0.2) is 13.4 Å². The second-order valence-corrected chi connectivity index (χ2v) is 10.7. The maximum Gasteiger partial charge on any atom is 0.229 e. The van der Waals surface area contributed by atoms with Crippen LogP contribution in [-0.2, 0) is 14.6 Å². The molecule has 6 nitrogen and oxygen atoms in total. The van der Waals surface area contributed by atoms with E-state index in [9.17, 15) is 13.2 Å². The number of likely N-dealkylation sites (N-methyl/N-ethyl adjacent to an activating group) is 1. The molecular formula is C22H27N3O3S2. The highest BCUT2D eigenvalue weighted by molar-refractivity contribution is 7.91. The van der Waals surface area contributed by atoms with Crippen LogP contribution in [0.25, 0.3) is 10.2 Å². The lowest BCUT2D eigenvalue weighted by atomic mass is 10.1. The minimum atomic E-state index is -3.51. The van der Waals surface area contributed by atoms with Gasteiger partial charge in [-0.15, -0.1) is 0 Å². The Morgan fingerprint density at radius 1 is 1.03 bits per heavy atom. The van der Waals surface area contributed by atoms with Crippen LogP contribution < -0.4 is 4.90 Å². The van der Waals surface area contributed by atoms with Crippen LogP contribution in [0.3, 0.4) is 0 Å². The number of benzene rings is 2. The molecule has 0 N–H and O–H groups in total. The Kier molecular flexibility index (Phi) is 6.90. The van der Waals surface area contributed by atoms with Crippen molar-refractivity contribution in [3.05, 3.63) is 53.6 Å². The summed E-state index contributed by atoms with van der Waals surface area (Å²) in [5, 5.41) is 0.614. The molecule has 0 saturated carbocycles. The van der Waals surface area contributed by atoms with Gasteiger partial charge in [-0.2, -0.15) is 0 Å². The van der Waals surface area contributed by atoms with Gasteiger partial charge in [0.15, 0.2) is 15.0 Å². The van der Waals surface area contributed by atoms with Gasteiger partial charge in [0.05, 0.1) is 20.9 Å². The highest BCUT2D eigenvalue weighted by Gasteiger charge is 2.23. The summed E-state index contributed by atoms with van der Waals surface area (Å²) in [6.45, 7) is 5.18. The maximum absolute atomic E-state index is 13.1. The first-order chi connectivity index (χ1) is 14.2. The molecule has 1 aromatic heterocycles. The molecule has 0 unspecified atom stereocenters. The molecule has 1 heterocycles. The number of hydrogen-bond donors (Lipinski definition) is 0. The molecule has 0 spiro atoms. The number of nitrogens with zero attached hydrogens (tertiary/aromatic N) is 3. The van der Waals surface area contributed by atoms with Crippen LogP contribution in [0, 0.1) is 13.8 Å². The van der Waals surface area contributed by atoms with E-state index in [4.69, 9.17) is 4.98 Å². The van der Waals surface area contributed by atoms with Crippen LogP contribution in [0.15, 0.2) is 47.4 Å². The Bertz CT molecular complexity index is 1140. The Morgan fingerprint density at radius 3 is 2.40 bits per heavy atom. The Morgan fingerprint density at radius 2 is 1.73 bits per heavy atom. The van der Waals surface area contributed by atoms with E-state index < -0.39 is 9.84 Å². The van der Waals surface area contributed by atoms with Crippen LogP contribution in [0.2, 0.25) is 0 Å². The Balaban J connectivity index is 1.84. The van der Waals surface area contributed by atoms with E-state index in [2.05, 4.69) is 6.07 Å². The van der Waals surface area contributed by atoms with Crippen LogP contribution in [0.4, 0.5) is 5.13 Å². The summed E-state index contributed by atoms with van der Waals surface area (Å²) in [6.07, 6.45) is -0.0847. The molecule has 3 aromatic rings. The average molecular weight is 446 g/mol. The van der Waals surface area contributed by atoms with E-state index in [0.717, 1.165) is 21.3 Å². The van der Waals surface area contributed by atoms with Gasteiger partial charge in [0.25, 0.3) is 0 Å². The molecule has 8 heteroatoms. The third kappa shape index (κ3) is 5.06. The number of thiazole rings is 1. The minimum Gasteiger partial charge on any atom is -0.308 e. The summed E-state index contributed by atoms with van der Waals surface area (Å²) >= 11 is 1.46. The molecule has 0 aliphatic carbocycles. The number of amides is 1. The lowest BCUT2D eigenvalue weighted by Crippen LogP contribution is -2.37. The molecule has 0 bridgehead atoms. The number of anilines is 1. The van der Waals surface area contributed by atoms with Crippen molar-refractivity contribution >= 4 is 42.4 Å². The second kappa shape index (κ2) is 9.24. The Hall–Kier alpha value is -2.29. The summed E-state index contributed by atoms with van der Waals surface area (Å²) in [5.41, 5.74) is 3.15. The van der Waals surface area contributed by atoms with E-state index in [0.29, 0.717) is 18.2 Å². The monoisotopic (exact) mass is 445 g/mol. The summed E-state index contributed by atoms with van der Waals surface area (Å²) in [6, 6.07) is 12.3. The third-order valence-electron chi connectivity index (χ3n) is 5.06. The van der Waals surface area contributed by atoms with E-state index in [1.807, 2.05) is 38.9 Å². The van der Waals surface area contributed by atoms with Crippen LogP contribution in [0.1, 0.15) is 17.5 Å². The smallest absolute Gasteiger partial charge is 0.229 e. The standard InChI is InChI=1S/C22H27N3O3S2/c1-16-10-11-19-21(17(16)2)23-22(29-19)25(14-13-24(3)4)20(26)12-15-30(27,28)18-8-6-5-7-9-18/h5-11H,12-15H2,1-4H3. The molecule has 0 saturated heterocycles. The largest absolute Gasteiger partial charge is 0.308 e. The number of sulfone groups is 1. The highest BCUT2D eigenvalue weighted by Crippen LogP contribution is 2.32. The van der Waals surface area contributed by atoms with Crippen LogP contribution in [-0.4, -0.2) is 57.1 Å². The number of carbonyl (C=O) groups is 1. The molecule has 0 atom stereocenters. The van der Waals surface area contributed by atoms with Gasteiger partial charge in [-0.05, 0) is 57.3 Å². The molecule has 0 fully saturated rings. The van der Waals surface area contributed by atoms with Gasteiger partial charge in [0, 0.05) is 19.5 Å². The summed E-state index contributed by atoms with van der Waals surface area (Å²) in [4.78, 5) is 21.7. The van der Waals surface area contributed by atoms with Crippen molar-refractivity contribution in [1.82, 2.24) is 9.88 Å². The van der Waals surface area contributed by atoms with Crippen molar-refractivity contribution in [3.8, 4) is 0 Å². The van der Waals surface area contributed by atoms with Gasteiger partial charge in [-0.1, -0.05) is 35.6 Å². The van der Waals surface area contributed by atoms with E-state index in [1.165, 1.54) is 11.3 Å². The van der Waals surface area contributed by atoms with Gasteiger partial charge >= 0.3 is 0 Å². The van der Waals surface area contributed by atoms with Gasteiger partial charge in [0.1, 0.15) is 0 Å². The molecule has 160 valence electrons. The maximum atomic E-state index is 13.1. The third-order valence-corrected chi connectivity index (χ3v) is 7.84. The number of rotatable bonds is 8. The van der Waals surface area contributed by atoms with Gasteiger partial charge in [0.2, 0.25) is 5.91 Å². The first kappa shape index (κ1) is 22.4. The predicted molar refractivity (Wildman–Crippen MR) is 123 cm³/mol. The quantitative estimate of drug-likeness (QED) is 0.529. The fourth-order valence-corrected chi connectivity index (χ4v) is 5.38. The molecule has 0 radical (unpaired) electrons. The molecule has 30 heavy (non-hydrogen) atoms. The van der Waals surface area contributed by atoms with Crippen molar-refractivity contribution in [2.75, 3.05) is 37.8 Å². The minimum absolute atomic E-state index is 0.0847. The topological polar surface area (TPSA) is 70.6 Å². The molecule has 1 amide bonds. The molecule has 3 rings (SSSR count). The van der Waals surface area contributed by atoms with Crippen molar-refractivity contribution in [2.45, 2.75) is 25.2 Å². The average Bonchev–Trinajstić information content (AvgIpc) is 3.14. The van der Waals surface area contributed by atoms with Crippen molar-refractivity contribution in [3.63, 3.8) is 0 Å². The zero-order valence-electron chi connectivity index (χ0n) is 17.8. The first-order valence-electron chi connectivity index (χ1n) is 9.78. The molecular weight excluding hydrogens is 418 g/mol. The fourth-order valence-electron chi connectivity index (χ4n) is 3.06. The number of carbonyl (C=O) groups excluding carboxylic acids is 1. The summed E-state index contributed by atoms with van der Waals surface area (Å²) in [5.74, 6) is -0.457. The zero-order valence-corrected chi connectivity index (χ0v) is 19.4. The Labute approximate surface area is 182 Å². The number of aryl methyl sites for hydroxylation is 2. The summed E-state index contributed by atoms with van der Waals surface area (Å²) < 4.78 is 26.2. The highest BCUT2D eigenvalue weighted by atomic mass is 32.2. The molecule has 0 aliphatic heterocycles. The normalized spacial score (nSPS) is 11.9. The zero-order chi connectivity index (χ0) is 21.9. The summed E-state index contributed by atoms with van der Waals surface area (Å²) in [7, 11) is 0.364. The van der Waals surface area contributed by atoms with Crippen molar-refractivity contribution in [1.29, 1.82) is 0 Å². The van der Waals surface area contributed by atoms with Crippen molar-refractivity contribution < 1.29 is 13.2 Å². The predicted octanol–water partition coefficient (Wildman–Crippen LogP) is 3.67. The van der Waals surface area contributed by atoms with Crippen LogP contribution >= 0.6 is 11.3 Å². The number of aromatic nitrogens is 1. The number of hydrogen-bond acceptors (Lipinski definition) is 6. The van der Waals surface area contributed by atoms with E-state index in [-0.39, 0.29) is 23.0 Å². The second-order valence-electron chi connectivity index (χ2n) is 7.58. The molecule has 0 aliphatic rings. The van der Waals surface area contributed by atoms with E-state index >= 15 is 0 Å². The first-order valence-corrected chi connectivity index (χ1v) is 12.3. The lowest BCUT2D eigenvalue weighted by Gasteiger charge is -2.22. The number of fused-ring (bicyclic) bond motifs is 1.